The van der Waals surface area contributed by atoms with E-state index in [1.165, 1.54) is 0 Å². The van der Waals surface area contributed by atoms with Crippen LogP contribution in [-0.2, 0) is 27.1 Å². The summed E-state index contributed by atoms with van der Waals surface area (Å²) in [6.45, 7) is 2.32. The Kier molecular flexibility index (Phi) is 3.66. The van der Waals surface area contributed by atoms with Crippen LogP contribution in [0.2, 0.25) is 0 Å². The molecule has 0 radical (unpaired) electrons. The summed E-state index contributed by atoms with van der Waals surface area (Å²) in [5.74, 6) is 0.261. The first-order valence-electron chi connectivity index (χ1n) is 6.12. The highest BCUT2D eigenvalue weighted by Crippen LogP contribution is 2.13. The molecule has 1 amide bonds. The van der Waals surface area contributed by atoms with E-state index in [0.717, 1.165) is 17.7 Å². The van der Waals surface area contributed by atoms with Crippen LogP contribution in [-0.4, -0.2) is 25.5 Å². The largest absolute Gasteiger partial charge is 0.326 e. The summed E-state index contributed by atoms with van der Waals surface area (Å²) in [5.41, 5.74) is 7.80. The number of amides is 1. The van der Waals surface area contributed by atoms with Crippen LogP contribution in [0.3, 0.4) is 0 Å². The van der Waals surface area contributed by atoms with E-state index >= 15 is 0 Å². The molecule has 2 aromatic heterocycles. The van der Waals surface area contributed by atoms with Crippen LogP contribution in [0.5, 0.6) is 0 Å². The number of carbonyl (C=O) groups is 1. The summed E-state index contributed by atoms with van der Waals surface area (Å²) < 4.78 is 3.19. The minimum absolute atomic E-state index is 0.233. The molecule has 0 saturated heterocycles. The molecule has 0 aliphatic carbocycles. The Morgan fingerprint density at radius 2 is 2.16 bits per heavy atom. The van der Waals surface area contributed by atoms with Gasteiger partial charge in [-0.1, -0.05) is 6.92 Å². The molecule has 0 fully saturated rings. The van der Waals surface area contributed by atoms with Gasteiger partial charge in [-0.15, -0.1) is 0 Å². The molecule has 0 aliphatic heterocycles. The number of aromatic nitrogens is 4. The van der Waals surface area contributed by atoms with E-state index in [1.807, 2.05) is 6.92 Å². The van der Waals surface area contributed by atoms with Crippen molar-refractivity contribution in [3.05, 3.63) is 29.2 Å². The molecule has 0 atom stereocenters. The van der Waals surface area contributed by atoms with Gasteiger partial charge in [-0.3, -0.25) is 14.2 Å². The summed E-state index contributed by atoms with van der Waals surface area (Å²) in [5, 5.41) is 11.2. The third kappa shape index (κ3) is 2.65. The predicted molar refractivity (Wildman–Crippen MR) is 71.6 cm³/mol. The molecule has 0 bridgehead atoms. The Morgan fingerprint density at radius 3 is 2.74 bits per heavy atom. The van der Waals surface area contributed by atoms with Crippen LogP contribution in [0.25, 0.3) is 0 Å². The lowest BCUT2D eigenvalue weighted by molar-refractivity contribution is 0.101. The fourth-order valence-electron chi connectivity index (χ4n) is 1.88. The van der Waals surface area contributed by atoms with Gasteiger partial charge in [0.25, 0.3) is 5.91 Å². The number of carbonyl (C=O) groups excluding carboxylic acids is 1. The maximum Gasteiger partial charge on any atom is 0.275 e. The molecule has 0 saturated carbocycles. The molecule has 2 heterocycles. The fourth-order valence-corrected chi connectivity index (χ4v) is 1.88. The van der Waals surface area contributed by atoms with Crippen molar-refractivity contribution in [1.82, 2.24) is 19.6 Å². The second kappa shape index (κ2) is 5.23. The first-order chi connectivity index (χ1) is 9.05. The Bertz CT molecular complexity index is 597. The highest BCUT2D eigenvalue weighted by molar-refractivity contribution is 6.02. The van der Waals surface area contributed by atoms with Crippen molar-refractivity contribution in [1.29, 1.82) is 0 Å². The van der Waals surface area contributed by atoms with Gasteiger partial charge in [0.05, 0.1) is 5.69 Å². The summed E-state index contributed by atoms with van der Waals surface area (Å²) in [6.07, 6.45) is 2.58. The lowest BCUT2D eigenvalue weighted by atomic mass is 10.3. The molecule has 0 spiro atoms. The molecule has 0 aromatic carbocycles. The second-order valence-corrected chi connectivity index (χ2v) is 4.33. The normalized spacial score (nSPS) is 10.7. The highest BCUT2D eigenvalue weighted by atomic mass is 16.2. The van der Waals surface area contributed by atoms with Gasteiger partial charge < -0.3 is 11.1 Å². The van der Waals surface area contributed by atoms with Crippen LogP contribution in [0.4, 0.5) is 5.82 Å². The smallest absolute Gasteiger partial charge is 0.275 e. The van der Waals surface area contributed by atoms with Crippen molar-refractivity contribution in [2.45, 2.75) is 19.9 Å². The SMILES string of the molecule is CCc1cc(C(=O)Nc2nn(C)cc2CN)n(C)n1. The topological polar surface area (TPSA) is 90.8 Å². The Hall–Kier alpha value is -2.15. The molecule has 2 aromatic rings. The zero-order chi connectivity index (χ0) is 14.0. The lowest BCUT2D eigenvalue weighted by Crippen LogP contribution is -2.17. The van der Waals surface area contributed by atoms with E-state index in [1.54, 1.807) is 35.7 Å². The summed E-state index contributed by atoms with van der Waals surface area (Å²) in [6, 6.07) is 1.78. The van der Waals surface area contributed by atoms with Crippen molar-refractivity contribution < 1.29 is 4.79 Å². The first kappa shape index (κ1) is 13.3. The van der Waals surface area contributed by atoms with Gasteiger partial charge in [-0.2, -0.15) is 10.2 Å². The van der Waals surface area contributed by atoms with Gasteiger partial charge in [0.15, 0.2) is 5.82 Å². The van der Waals surface area contributed by atoms with Gasteiger partial charge >= 0.3 is 0 Å². The number of nitrogens with two attached hydrogens (primary N) is 1. The molecule has 7 nitrogen and oxygen atoms in total. The van der Waals surface area contributed by atoms with Crippen LogP contribution in [0, 0.1) is 0 Å². The van der Waals surface area contributed by atoms with Gasteiger partial charge in [-0.25, -0.2) is 0 Å². The predicted octanol–water partition coefficient (Wildman–Crippen LogP) is 0.427. The Labute approximate surface area is 111 Å². The number of hydrogen-bond donors (Lipinski definition) is 2. The number of rotatable bonds is 4. The zero-order valence-corrected chi connectivity index (χ0v) is 11.3. The summed E-state index contributed by atoms with van der Waals surface area (Å²) >= 11 is 0. The third-order valence-corrected chi connectivity index (χ3v) is 2.88. The Balaban J connectivity index is 2.22. The molecule has 19 heavy (non-hydrogen) atoms. The van der Waals surface area contributed by atoms with Gasteiger partial charge in [-0.05, 0) is 12.5 Å². The van der Waals surface area contributed by atoms with Crippen LogP contribution in [0.15, 0.2) is 12.3 Å². The van der Waals surface area contributed by atoms with Gasteiger partial charge in [0.1, 0.15) is 5.69 Å². The van der Waals surface area contributed by atoms with Crippen LogP contribution >= 0.6 is 0 Å². The molecular formula is C12H18N6O. The van der Waals surface area contributed by atoms with Gasteiger partial charge in [0.2, 0.25) is 0 Å². The minimum Gasteiger partial charge on any atom is -0.326 e. The van der Waals surface area contributed by atoms with E-state index in [2.05, 4.69) is 15.5 Å². The number of aryl methyl sites for hydroxylation is 3. The van der Waals surface area contributed by atoms with Crippen LogP contribution in [0.1, 0.15) is 28.7 Å². The van der Waals surface area contributed by atoms with E-state index < -0.39 is 0 Å². The van der Waals surface area contributed by atoms with E-state index in [-0.39, 0.29) is 5.91 Å². The highest BCUT2D eigenvalue weighted by Gasteiger charge is 2.16. The minimum atomic E-state index is -0.233. The monoisotopic (exact) mass is 262 g/mol. The van der Waals surface area contributed by atoms with E-state index in [4.69, 9.17) is 5.73 Å². The molecule has 102 valence electrons. The van der Waals surface area contributed by atoms with Crippen molar-refractivity contribution in [2.75, 3.05) is 5.32 Å². The number of nitrogens with zero attached hydrogens (tertiary/aromatic N) is 4. The number of nitrogens with one attached hydrogen (secondary N) is 1. The second-order valence-electron chi connectivity index (χ2n) is 4.33. The quantitative estimate of drug-likeness (QED) is 0.835. The summed E-state index contributed by atoms with van der Waals surface area (Å²) in [4.78, 5) is 12.2. The Morgan fingerprint density at radius 1 is 1.42 bits per heavy atom. The third-order valence-electron chi connectivity index (χ3n) is 2.88. The zero-order valence-electron chi connectivity index (χ0n) is 11.3. The van der Waals surface area contributed by atoms with Crippen molar-refractivity contribution in [3.63, 3.8) is 0 Å². The molecule has 2 rings (SSSR count). The first-order valence-corrected chi connectivity index (χ1v) is 6.12. The maximum atomic E-state index is 12.2. The molecular weight excluding hydrogens is 244 g/mol. The lowest BCUT2D eigenvalue weighted by Gasteiger charge is -2.03. The molecule has 0 unspecified atom stereocenters. The molecule has 3 N–H and O–H groups in total. The van der Waals surface area contributed by atoms with Crippen LogP contribution < -0.4 is 11.1 Å². The maximum absolute atomic E-state index is 12.2. The fraction of sp³-hybridized carbons (Fsp3) is 0.417. The standard InChI is InChI=1S/C12H18N6O/c1-4-9-5-10(18(3)15-9)12(19)14-11-8(6-13)7-17(2)16-11/h5,7H,4,6,13H2,1-3H3,(H,14,16,19). The molecule has 0 aliphatic rings. The summed E-state index contributed by atoms with van der Waals surface area (Å²) in [7, 11) is 3.53. The van der Waals surface area contributed by atoms with E-state index in [9.17, 15) is 4.79 Å². The number of hydrogen-bond acceptors (Lipinski definition) is 4. The average molecular weight is 262 g/mol. The average Bonchev–Trinajstić information content (AvgIpc) is 2.92. The molecule has 7 heteroatoms. The van der Waals surface area contributed by atoms with Crippen molar-refractivity contribution in [3.8, 4) is 0 Å². The van der Waals surface area contributed by atoms with Crippen molar-refractivity contribution >= 4 is 11.7 Å². The number of anilines is 1. The van der Waals surface area contributed by atoms with E-state index in [0.29, 0.717) is 18.1 Å². The van der Waals surface area contributed by atoms with Gasteiger partial charge in [0, 0.05) is 32.4 Å². The van der Waals surface area contributed by atoms with Crippen molar-refractivity contribution in [2.24, 2.45) is 19.8 Å².